The first kappa shape index (κ1) is 22.6. The lowest BCUT2D eigenvalue weighted by Crippen LogP contribution is -2.53. The quantitative estimate of drug-likeness (QED) is 0.491. The van der Waals surface area contributed by atoms with E-state index in [1.165, 1.54) is 37.7 Å². The largest absolute Gasteiger partial charge is 0.469 e. The van der Waals surface area contributed by atoms with Crippen LogP contribution in [0.5, 0.6) is 0 Å². The Morgan fingerprint density at radius 1 is 1.25 bits per heavy atom. The van der Waals surface area contributed by atoms with Gasteiger partial charge in [0.1, 0.15) is 0 Å². The summed E-state index contributed by atoms with van der Waals surface area (Å²) in [6, 6.07) is 0. The summed E-state index contributed by atoms with van der Waals surface area (Å²) in [5.41, 5.74) is 0.309. The summed E-state index contributed by atoms with van der Waals surface area (Å²) in [7, 11) is 1.51. The van der Waals surface area contributed by atoms with Crippen LogP contribution in [-0.2, 0) is 20.7 Å². The van der Waals surface area contributed by atoms with Gasteiger partial charge in [-0.15, -0.1) is 11.3 Å². The van der Waals surface area contributed by atoms with Crippen LogP contribution in [0.4, 0.5) is 0 Å². The van der Waals surface area contributed by atoms with E-state index in [1.807, 2.05) is 12.3 Å². The Labute approximate surface area is 200 Å². The number of allylic oxidation sites excluding steroid dienone is 2. The van der Waals surface area contributed by atoms with Gasteiger partial charge in [-0.05, 0) is 91.4 Å². The predicted octanol–water partition coefficient (Wildman–Crippen LogP) is 6.13. The van der Waals surface area contributed by atoms with Gasteiger partial charge in [0, 0.05) is 17.5 Å². The van der Waals surface area contributed by atoms with E-state index >= 15 is 0 Å². The van der Waals surface area contributed by atoms with E-state index in [2.05, 4.69) is 24.9 Å². The number of ketones is 1. The normalized spacial score (nSPS) is 41.5. The number of hydrogen-bond donors (Lipinski definition) is 0. The Morgan fingerprint density at radius 3 is 2.78 bits per heavy atom. The monoisotopic (exact) mass is 475 g/mol. The van der Waals surface area contributed by atoms with Crippen LogP contribution in [0, 0.1) is 46.3 Å². The summed E-state index contributed by atoms with van der Waals surface area (Å²) in [6.45, 7) is 4.87. The van der Waals surface area contributed by atoms with Crippen LogP contribution in [-0.4, -0.2) is 23.8 Å². The molecular formula is C26H34ClNO3S. The highest BCUT2D eigenvalue weighted by Crippen LogP contribution is 2.67. The van der Waals surface area contributed by atoms with Crippen molar-refractivity contribution in [1.82, 2.24) is 4.98 Å². The Morgan fingerprint density at radius 2 is 2.06 bits per heavy atom. The third-order valence-corrected chi connectivity index (χ3v) is 11.2. The molecule has 8 atom stereocenters. The molecule has 32 heavy (non-hydrogen) atoms. The van der Waals surface area contributed by atoms with Crippen molar-refractivity contribution < 1.29 is 14.3 Å². The first-order chi connectivity index (χ1) is 15.3. The van der Waals surface area contributed by atoms with Crippen LogP contribution in [0.3, 0.4) is 0 Å². The number of methoxy groups -OCH3 is 1. The second kappa shape index (κ2) is 8.23. The number of thiazole rings is 1. The molecule has 0 aromatic carbocycles. The fraction of sp³-hybridized carbons (Fsp3) is 0.731. The molecule has 6 heteroatoms. The van der Waals surface area contributed by atoms with Crippen molar-refractivity contribution in [3.8, 4) is 0 Å². The van der Waals surface area contributed by atoms with Gasteiger partial charge >= 0.3 is 5.97 Å². The fourth-order valence-electron chi connectivity index (χ4n) is 8.47. The third-order valence-electron chi connectivity index (χ3n) is 10.0. The smallest absolute Gasteiger partial charge is 0.309 e. The number of aromatic nitrogens is 1. The fourth-order valence-corrected chi connectivity index (χ4v) is 9.51. The van der Waals surface area contributed by atoms with Crippen LogP contribution in [0.2, 0.25) is 4.47 Å². The predicted molar refractivity (Wildman–Crippen MR) is 126 cm³/mol. The molecule has 4 aliphatic carbocycles. The molecule has 4 aliphatic rings. The standard InChI is InChI=1S/C26H34ClNO3S/c1-25-10-8-16(29)12-15(25)4-5-18-20-6-7-21(26(20,2)11-9-22(18)25)19(23(30)31-3)13-17-14-28-24(27)32-17/h8,10,14-15,18-22H,4-7,9,11-13H2,1-3H3/t15-,18-,19+,20-,21+,22-,25-,26-/m0/s1. The number of rotatable bonds is 4. The van der Waals surface area contributed by atoms with E-state index < -0.39 is 0 Å². The topological polar surface area (TPSA) is 56.3 Å². The molecule has 1 aromatic heterocycles. The van der Waals surface area contributed by atoms with Gasteiger partial charge in [0.15, 0.2) is 10.3 Å². The summed E-state index contributed by atoms with van der Waals surface area (Å²) in [5, 5.41) is 0. The number of ether oxygens (including phenoxy) is 1. The lowest BCUT2D eigenvalue weighted by molar-refractivity contribution is -0.151. The molecule has 0 aliphatic heterocycles. The van der Waals surface area contributed by atoms with Crippen molar-refractivity contribution in [1.29, 1.82) is 0 Å². The first-order valence-corrected chi connectivity index (χ1v) is 13.4. The van der Waals surface area contributed by atoms with Crippen LogP contribution in [0.25, 0.3) is 0 Å². The number of hydrogen-bond acceptors (Lipinski definition) is 5. The lowest BCUT2D eigenvalue weighted by atomic mass is 9.45. The van der Waals surface area contributed by atoms with Gasteiger partial charge in [-0.1, -0.05) is 31.5 Å². The summed E-state index contributed by atoms with van der Waals surface area (Å²) in [6.07, 6.45) is 14.4. The summed E-state index contributed by atoms with van der Waals surface area (Å²) in [5.74, 6) is 2.89. The van der Waals surface area contributed by atoms with Gasteiger partial charge in [0.2, 0.25) is 0 Å². The van der Waals surface area contributed by atoms with E-state index in [-0.39, 0.29) is 22.7 Å². The van der Waals surface area contributed by atoms with Gasteiger partial charge in [0.05, 0.1) is 13.0 Å². The molecule has 5 rings (SSSR count). The van der Waals surface area contributed by atoms with E-state index in [9.17, 15) is 9.59 Å². The summed E-state index contributed by atoms with van der Waals surface area (Å²) in [4.78, 5) is 30.3. The van der Waals surface area contributed by atoms with Crippen molar-refractivity contribution in [2.45, 2.75) is 65.2 Å². The van der Waals surface area contributed by atoms with Crippen molar-refractivity contribution >= 4 is 34.7 Å². The summed E-state index contributed by atoms with van der Waals surface area (Å²) < 4.78 is 5.83. The van der Waals surface area contributed by atoms with Gasteiger partial charge in [-0.2, -0.15) is 0 Å². The van der Waals surface area contributed by atoms with Crippen molar-refractivity contribution in [2.24, 2.45) is 46.3 Å². The van der Waals surface area contributed by atoms with E-state index in [4.69, 9.17) is 16.3 Å². The zero-order valence-electron chi connectivity index (χ0n) is 19.3. The number of fused-ring (bicyclic) bond motifs is 5. The highest BCUT2D eigenvalue weighted by molar-refractivity contribution is 7.15. The van der Waals surface area contributed by atoms with Gasteiger partial charge < -0.3 is 4.74 Å². The molecule has 3 saturated carbocycles. The minimum Gasteiger partial charge on any atom is -0.469 e. The highest BCUT2D eigenvalue weighted by atomic mass is 35.5. The minimum absolute atomic E-state index is 0.0899. The van der Waals surface area contributed by atoms with Gasteiger partial charge in [0.25, 0.3) is 0 Å². The third kappa shape index (κ3) is 3.50. The van der Waals surface area contributed by atoms with Crippen LogP contribution in [0.1, 0.15) is 63.7 Å². The van der Waals surface area contributed by atoms with E-state index in [1.54, 1.807) is 0 Å². The SMILES string of the molecule is COC(=O)[C@H](Cc1cnc(Cl)s1)[C@H]1CC[C@H]2[C@@H]3CC[C@H]4CC(=O)C=C[C@]4(C)[C@H]3CC[C@]12C. The van der Waals surface area contributed by atoms with E-state index in [0.717, 1.165) is 30.6 Å². The highest BCUT2D eigenvalue weighted by Gasteiger charge is 2.61. The first-order valence-electron chi connectivity index (χ1n) is 12.2. The minimum atomic E-state index is -0.137. The lowest BCUT2D eigenvalue weighted by Gasteiger charge is -2.59. The van der Waals surface area contributed by atoms with Crippen molar-refractivity contribution in [3.63, 3.8) is 0 Å². The molecule has 1 aromatic rings. The zero-order valence-corrected chi connectivity index (χ0v) is 20.9. The molecule has 0 unspecified atom stereocenters. The molecule has 0 saturated heterocycles. The number of halogens is 1. The van der Waals surface area contributed by atoms with Crippen LogP contribution < -0.4 is 0 Å². The van der Waals surface area contributed by atoms with Crippen LogP contribution in [0.15, 0.2) is 18.3 Å². The van der Waals surface area contributed by atoms with Crippen molar-refractivity contribution in [3.05, 3.63) is 27.7 Å². The average molecular weight is 476 g/mol. The molecule has 174 valence electrons. The second-order valence-corrected chi connectivity index (χ2v) is 12.9. The Balaban J connectivity index is 1.42. The Bertz CT molecular complexity index is 943. The maximum atomic E-state index is 13.0. The number of carbonyl (C=O) groups excluding carboxylic acids is 2. The molecule has 0 radical (unpaired) electrons. The maximum absolute atomic E-state index is 13.0. The molecule has 3 fully saturated rings. The molecule has 0 amide bonds. The average Bonchev–Trinajstić information content (AvgIpc) is 3.34. The van der Waals surface area contributed by atoms with Crippen LogP contribution >= 0.6 is 22.9 Å². The summed E-state index contributed by atoms with van der Waals surface area (Å²) >= 11 is 7.55. The molecule has 4 nitrogen and oxygen atoms in total. The maximum Gasteiger partial charge on any atom is 0.309 e. The zero-order chi connectivity index (χ0) is 22.7. The van der Waals surface area contributed by atoms with E-state index in [0.29, 0.717) is 46.3 Å². The Kier molecular flexibility index (Phi) is 5.81. The Hall–Kier alpha value is -1.20. The van der Waals surface area contributed by atoms with Gasteiger partial charge in [-0.3, -0.25) is 9.59 Å². The number of nitrogens with zero attached hydrogens (tertiary/aromatic N) is 1. The number of carbonyl (C=O) groups is 2. The van der Waals surface area contributed by atoms with Gasteiger partial charge in [-0.25, -0.2) is 4.98 Å². The molecule has 1 heterocycles. The molecule has 0 bridgehead atoms. The van der Waals surface area contributed by atoms with Crippen molar-refractivity contribution in [2.75, 3.05) is 7.11 Å². The number of esters is 1. The molecule has 0 N–H and O–H groups in total. The molecule has 0 spiro atoms. The second-order valence-electron chi connectivity index (χ2n) is 11.2. The molecular weight excluding hydrogens is 442 g/mol.